The SMILES string of the molecule is O=C(NCc1ccn2ccnc2c1)c1ccc(C2CCN(S(=O)(=O)C3CC3)C2)cc1. The van der Waals surface area contributed by atoms with Crippen molar-refractivity contribution in [2.75, 3.05) is 13.1 Å². The summed E-state index contributed by atoms with van der Waals surface area (Å²) in [5.74, 6) is 0.0611. The molecule has 1 amide bonds. The molecular formula is C22H24N4O3S. The fourth-order valence-corrected chi connectivity index (χ4v) is 5.96. The summed E-state index contributed by atoms with van der Waals surface area (Å²) >= 11 is 0. The molecule has 156 valence electrons. The lowest BCUT2D eigenvalue weighted by molar-refractivity contribution is 0.0951. The van der Waals surface area contributed by atoms with Crippen molar-refractivity contribution < 1.29 is 13.2 Å². The smallest absolute Gasteiger partial charge is 0.251 e. The molecule has 1 atom stereocenters. The number of hydrogen-bond acceptors (Lipinski definition) is 4. The summed E-state index contributed by atoms with van der Waals surface area (Å²) < 4.78 is 28.4. The Kier molecular flexibility index (Phi) is 4.83. The molecule has 5 rings (SSSR count). The van der Waals surface area contributed by atoms with Crippen molar-refractivity contribution in [1.82, 2.24) is 19.0 Å². The molecule has 3 heterocycles. The first-order valence-electron chi connectivity index (χ1n) is 10.3. The fraction of sp³-hybridized carbons (Fsp3) is 0.364. The number of aromatic nitrogens is 2. The van der Waals surface area contributed by atoms with Gasteiger partial charge in [0.2, 0.25) is 10.0 Å². The summed E-state index contributed by atoms with van der Waals surface area (Å²) in [6, 6.07) is 11.4. The van der Waals surface area contributed by atoms with E-state index in [1.165, 1.54) is 0 Å². The number of carbonyl (C=O) groups excluding carboxylic acids is 1. The van der Waals surface area contributed by atoms with Gasteiger partial charge in [-0.3, -0.25) is 4.79 Å². The predicted octanol–water partition coefficient (Wildman–Crippen LogP) is 2.55. The molecule has 1 saturated heterocycles. The van der Waals surface area contributed by atoms with Crippen LogP contribution in [0.15, 0.2) is 55.0 Å². The standard InChI is InChI=1S/C22H24N4O3S/c27-22(24-14-16-7-10-25-12-9-23-21(25)13-16)18-3-1-17(2-4-18)19-8-11-26(15-19)30(28,29)20-5-6-20/h1-4,7,9-10,12-13,19-20H,5-6,8,11,14-15H2,(H,24,27). The van der Waals surface area contributed by atoms with Crippen LogP contribution in [0, 0.1) is 0 Å². The van der Waals surface area contributed by atoms with Gasteiger partial charge in [0.1, 0.15) is 5.65 Å². The van der Waals surface area contributed by atoms with E-state index < -0.39 is 10.0 Å². The van der Waals surface area contributed by atoms with E-state index in [0.717, 1.165) is 36.0 Å². The Balaban J connectivity index is 1.20. The molecule has 7 nitrogen and oxygen atoms in total. The zero-order chi connectivity index (χ0) is 20.7. The maximum absolute atomic E-state index is 12.5. The van der Waals surface area contributed by atoms with Crippen LogP contribution in [0.4, 0.5) is 0 Å². The van der Waals surface area contributed by atoms with Gasteiger partial charge in [0.25, 0.3) is 5.91 Å². The van der Waals surface area contributed by atoms with Crippen LogP contribution in [0.25, 0.3) is 5.65 Å². The first-order chi connectivity index (χ1) is 14.5. The van der Waals surface area contributed by atoms with Crippen molar-refractivity contribution in [3.05, 3.63) is 71.7 Å². The molecular weight excluding hydrogens is 400 g/mol. The van der Waals surface area contributed by atoms with Crippen LogP contribution in [-0.2, 0) is 16.6 Å². The third-order valence-corrected chi connectivity index (χ3v) is 8.38. The van der Waals surface area contributed by atoms with E-state index in [1.807, 2.05) is 53.2 Å². The molecule has 2 fully saturated rings. The molecule has 1 unspecified atom stereocenters. The van der Waals surface area contributed by atoms with Crippen molar-refractivity contribution in [2.24, 2.45) is 0 Å². The van der Waals surface area contributed by atoms with Crippen LogP contribution in [0.5, 0.6) is 0 Å². The largest absolute Gasteiger partial charge is 0.348 e. The number of amides is 1. The van der Waals surface area contributed by atoms with Crippen LogP contribution in [0.2, 0.25) is 0 Å². The van der Waals surface area contributed by atoms with E-state index in [0.29, 0.717) is 25.2 Å². The maximum atomic E-state index is 12.5. The van der Waals surface area contributed by atoms with Crippen LogP contribution in [0.1, 0.15) is 46.7 Å². The molecule has 1 aromatic carbocycles. The van der Waals surface area contributed by atoms with Gasteiger partial charge in [0.15, 0.2) is 0 Å². The number of imidazole rings is 1. The highest BCUT2D eigenvalue weighted by molar-refractivity contribution is 7.90. The van der Waals surface area contributed by atoms with Gasteiger partial charge in [-0.1, -0.05) is 12.1 Å². The van der Waals surface area contributed by atoms with Crippen LogP contribution < -0.4 is 5.32 Å². The highest BCUT2D eigenvalue weighted by Gasteiger charge is 2.42. The van der Waals surface area contributed by atoms with Gasteiger partial charge in [0.05, 0.1) is 5.25 Å². The molecule has 8 heteroatoms. The lowest BCUT2D eigenvalue weighted by Crippen LogP contribution is -2.31. The summed E-state index contributed by atoms with van der Waals surface area (Å²) in [6.07, 6.45) is 7.96. The number of nitrogens with one attached hydrogen (secondary N) is 1. The average molecular weight is 425 g/mol. The summed E-state index contributed by atoms with van der Waals surface area (Å²) in [5, 5.41) is 2.79. The van der Waals surface area contributed by atoms with Gasteiger partial charge in [-0.15, -0.1) is 0 Å². The molecule has 1 saturated carbocycles. The third kappa shape index (κ3) is 3.73. The van der Waals surface area contributed by atoms with Crippen molar-refractivity contribution >= 4 is 21.6 Å². The molecule has 0 bridgehead atoms. The topological polar surface area (TPSA) is 83.8 Å². The van der Waals surface area contributed by atoms with E-state index in [-0.39, 0.29) is 17.1 Å². The molecule has 0 spiro atoms. The Morgan fingerprint density at radius 3 is 2.67 bits per heavy atom. The lowest BCUT2D eigenvalue weighted by atomic mass is 9.97. The number of hydrogen-bond donors (Lipinski definition) is 1. The van der Waals surface area contributed by atoms with E-state index in [2.05, 4.69) is 10.3 Å². The molecule has 1 aliphatic heterocycles. The highest BCUT2D eigenvalue weighted by atomic mass is 32.2. The Morgan fingerprint density at radius 2 is 1.90 bits per heavy atom. The Labute approximate surface area is 175 Å². The van der Waals surface area contributed by atoms with Gasteiger partial charge in [-0.25, -0.2) is 17.7 Å². The van der Waals surface area contributed by atoms with E-state index >= 15 is 0 Å². The monoisotopic (exact) mass is 424 g/mol. The van der Waals surface area contributed by atoms with Crippen LogP contribution >= 0.6 is 0 Å². The first-order valence-corrected chi connectivity index (χ1v) is 11.8. The first kappa shape index (κ1) is 19.3. The third-order valence-electron chi connectivity index (χ3n) is 6.02. The van der Waals surface area contributed by atoms with E-state index in [4.69, 9.17) is 0 Å². The number of pyridine rings is 1. The van der Waals surface area contributed by atoms with Crippen molar-refractivity contribution in [1.29, 1.82) is 0 Å². The molecule has 1 N–H and O–H groups in total. The normalized spacial score (nSPS) is 19.9. The van der Waals surface area contributed by atoms with E-state index in [1.54, 1.807) is 10.5 Å². The second-order valence-corrected chi connectivity index (χ2v) is 10.3. The zero-order valence-corrected chi connectivity index (χ0v) is 17.4. The number of carbonyl (C=O) groups is 1. The lowest BCUT2D eigenvalue weighted by Gasteiger charge is -2.16. The Hall–Kier alpha value is -2.71. The van der Waals surface area contributed by atoms with Gasteiger partial charge in [-0.2, -0.15) is 0 Å². The summed E-state index contributed by atoms with van der Waals surface area (Å²) in [5.41, 5.74) is 3.52. The molecule has 3 aromatic rings. The van der Waals surface area contributed by atoms with Crippen molar-refractivity contribution in [3.8, 4) is 0 Å². The minimum atomic E-state index is -3.11. The van der Waals surface area contributed by atoms with Crippen molar-refractivity contribution in [3.63, 3.8) is 0 Å². The van der Waals surface area contributed by atoms with Crippen LogP contribution in [0.3, 0.4) is 0 Å². The molecule has 1 aliphatic carbocycles. The minimum absolute atomic E-state index is 0.130. The number of fused-ring (bicyclic) bond motifs is 1. The minimum Gasteiger partial charge on any atom is -0.348 e. The Bertz CT molecular complexity index is 1180. The molecule has 0 radical (unpaired) electrons. The summed E-state index contributed by atoms with van der Waals surface area (Å²) in [7, 11) is -3.11. The summed E-state index contributed by atoms with van der Waals surface area (Å²) in [4.78, 5) is 16.8. The fourth-order valence-electron chi connectivity index (χ4n) is 4.06. The molecule has 2 aromatic heterocycles. The van der Waals surface area contributed by atoms with Gasteiger partial charge < -0.3 is 9.72 Å². The Morgan fingerprint density at radius 1 is 1.10 bits per heavy atom. The number of rotatable bonds is 6. The predicted molar refractivity (Wildman–Crippen MR) is 114 cm³/mol. The van der Waals surface area contributed by atoms with Gasteiger partial charge in [0, 0.05) is 43.8 Å². The quantitative estimate of drug-likeness (QED) is 0.659. The second kappa shape index (κ2) is 7.52. The summed E-state index contributed by atoms with van der Waals surface area (Å²) in [6.45, 7) is 1.56. The number of benzene rings is 1. The zero-order valence-electron chi connectivity index (χ0n) is 16.6. The highest BCUT2D eigenvalue weighted by Crippen LogP contribution is 2.36. The molecule has 30 heavy (non-hydrogen) atoms. The average Bonchev–Trinajstić information content (AvgIpc) is 3.32. The van der Waals surface area contributed by atoms with Crippen molar-refractivity contribution in [2.45, 2.75) is 37.0 Å². The maximum Gasteiger partial charge on any atom is 0.251 e. The second-order valence-electron chi connectivity index (χ2n) is 8.12. The van der Waals surface area contributed by atoms with E-state index in [9.17, 15) is 13.2 Å². The molecule has 2 aliphatic rings. The van der Waals surface area contributed by atoms with Gasteiger partial charge >= 0.3 is 0 Å². The number of sulfonamides is 1. The van der Waals surface area contributed by atoms with Gasteiger partial charge in [-0.05, 0) is 60.6 Å². The van der Waals surface area contributed by atoms with Crippen LogP contribution in [-0.4, -0.2) is 46.4 Å². The number of nitrogens with zero attached hydrogens (tertiary/aromatic N) is 3.